The molecule has 0 radical (unpaired) electrons. The summed E-state index contributed by atoms with van der Waals surface area (Å²) in [6.07, 6.45) is 0. The molecule has 0 bridgehead atoms. The lowest BCUT2D eigenvalue weighted by atomic mass is 10.2. The number of nitrogens with one attached hydrogen (secondary N) is 3. The number of amides is 1. The molecule has 1 aromatic rings. The van der Waals surface area contributed by atoms with Gasteiger partial charge in [-0.05, 0) is 44.3 Å². The molecule has 0 aliphatic heterocycles. The predicted molar refractivity (Wildman–Crippen MR) is 74.6 cm³/mol. The second-order valence-corrected chi connectivity index (χ2v) is 4.71. The Bertz CT molecular complexity index is 466. The molecule has 4 N–H and O–H groups in total. The molecule has 0 saturated heterocycles. The Balaban J connectivity index is 2.60. The topological polar surface area (TPSA) is 73.4 Å². The maximum atomic E-state index is 11.7. The van der Waals surface area contributed by atoms with Crippen LogP contribution in [0.4, 0.5) is 0 Å². The van der Waals surface area contributed by atoms with E-state index in [0.717, 1.165) is 0 Å². The van der Waals surface area contributed by atoms with Gasteiger partial charge in [-0.1, -0.05) is 11.6 Å². The number of hydrogen-bond donors (Lipinski definition) is 4. The highest BCUT2D eigenvalue weighted by Gasteiger charge is 2.11. The van der Waals surface area contributed by atoms with Crippen molar-refractivity contribution in [3.63, 3.8) is 0 Å². The van der Waals surface area contributed by atoms with Crippen LogP contribution >= 0.6 is 23.8 Å². The molecule has 5 nitrogen and oxygen atoms in total. The van der Waals surface area contributed by atoms with Gasteiger partial charge in [-0.2, -0.15) is 0 Å². The van der Waals surface area contributed by atoms with Crippen molar-refractivity contribution in [2.45, 2.75) is 19.9 Å². The fraction of sp³-hybridized carbons (Fsp3) is 0.273. The average molecular weight is 288 g/mol. The second-order valence-electron chi connectivity index (χ2n) is 3.87. The normalized spacial score (nSPS) is 10.0. The van der Waals surface area contributed by atoms with Crippen LogP contribution < -0.4 is 16.2 Å². The summed E-state index contributed by atoms with van der Waals surface area (Å²) >= 11 is 10.7. The van der Waals surface area contributed by atoms with E-state index in [1.54, 1.807) is 0 Å². The highest BCUT2D eigenvalue weighted by molar-refractivity contribution is 7.80. The quantitative estimate of drug-likeness (QED) is 0.491. The SMILES string of the molecule is CC(C)NC(=S)NNC(=O)c1cc(Cl)ccc1O. The molecule has 1 amide bonds. The molecule has 0 atom stereocenters. The maximum Gasteiger partial charge on any atom is 0.273 e. The highest BCUT2D eigenvalue weighted by atomic mass is 35.5. The summed E-state index contributed by atoms with van der Waals surface area (Å²) in [6.45, 7) is 3.83. The van der Waals surface area contributed by atoms with E-state index in [4.69, 9.17) is 23.8 Å². The van der Waals surface area contributed by atoms with E-state index in [1.165, 1.54) is 18.2 Å². The molecular formula is C11H14ClN3O2S. The van der Waals surface area contributed by atoms with E-state index < -0.39 is 5.91 Å². The van der Waals surface area contributed by atoms with E-state index in [0.29, 0.717) is 10.1 Å². The Labute approximate surface area is 115 Å². The van der Waals surface area contributed by atoms with Crippen LogP contribution in [0, 0.1) is 0 Å². The van der Waals surface area contributed by atoms with Crippen molar-refractivity contribution in [1.82, 2.24) is 16.2 Å². The number of aromatic hydroxyl groups is 1. The Hall–Kier alpha value is -1.53. The summed E-state index contributed by atoms with van der Waals surface area (Å²) in [5, 5.41) is 13.1. The Morgan fingerprint density at radius 2 is 2.06 bits per heavy atom. The first kappa shape index (κ1) is 14.5. The van der Waals surface area contributed by atoms with Crippen LogP contribution in [-0.2, 0) is 0 Å². The zero-order chi connectivity index (χ0) is 13.7. The minimum Gasteiger partial charge on any atom is -0.507 e. The monoisotopic (exact) mass is 287 g/mol. The van der Waals surface area contributed by atoms with Gasteiger partial charge in [-0.15, -0.1) is 0 Å². The molecule has 1 rings (SSSR count). The van der Waals surface area contributed by atoms with Crippen LogP contribution in [0.1, 0.15) is 24.2 Å². The van der Waals surface area contributed by atoms with E-state index >= 15 is 0 Å². The van der Waals surface area contributed by atoms with Gasteiger partial charge in [0.15, 0.2) is 5.11 Å². The number of hydrogen-bond acceptors (Lipinski definition) is 3. The first-order valence-corrected chi connectivity index (χ1v) is 6.04. The Morgan fingerprint density at radius 3 is 2.67 bits per heavy atom. The summed E-state index contributed by atoms with van der Waals surface area (Å²) in [6, 6.07) is 4.36. The number of carbonyl (C=O) groups excluding carboxylic acids is 1. The fourth-order valence-corrected chi connectivity index (χ4v) is 1.63. The Kier molecular flexibility index (Phi) is 5.18. The summed E-state index contributed by atoms with van der Waals surface area (Å²) in [4.78, 5) is 11.7. The molecule has 0 saturated carbocycles. The van der Waals surface area contributed by atoms with Gasteiger partial charge in [0.05, 0.1) is 5.56 Å². The molecule has 18 heavy (non-hydrogen) atoms. The van der Waals surface area contributed by atoms with Crippen molar-refractivity contribution in [1.29, 1.82) is 0 Å². The molecule has 1 aromatic carbocycles. The third-order valence-corrected chi connectivity index (χ3v) is 2.37. The third-order valence-electron chi connectivity index (χ3n) is 1.91. The summed E-state index contributed by atoms with van der Waals surface area (Å²) in [7, 11) is 0. The van der Waals surface area contributed by atoms with Gasteiger partial charge in [0.1, 0.15) is 5.75 Å². The van der Waals surface area contributed by atoms with E-state index in [9.17, 15) is 9.90 Å². The molecule has 0 aromatic heterocycles. The van der Waals surface area contributed by atoms with Gasteiger partial charge >= 0.3 is 0 Å². The lowest BCUT2D eigenvalue weighted by molar-refractivity contribution is 0.0941. The first-order valence-electron chi connectivity index (χ1n) is 5.25. The average Bonchev–Trinajstić information content (AvgIpc) is 2.28. The van der Waals surface area contributed by atoms with Crippen LogP contribution in [0.15, 0.2) is 18.2 Å². The van der Waals surface area contributed by atoms with Crippen LogP contribution in [0.2, 0.25) is 5.02 Å². The maximum absolute atomic E-state index is 11.7. The number of rotatable bonds is 2. The van der Waals surface area contributed by atoms with Gasteiger partial charge in [0.25, 0.3) is 5.91 Å². The van der Waals surface area contributed by atoms with Gasteiger partial charge in [-0.3, -0.25) is 15.6 Å². The molecule has 7 heteroatoms. The van der Waals surface area contributed by atoms with Gasteiger partial charge in [0.2, 0.25) is 0 Å². The first-order chi connectivity index (χ1) is 8.40. The third kappa shape index (κ3) is 4.38. The molecule has 0 unspecified atom stereocenters. The van der Waals surface area contributed by atoms with Crippen LogP contribution in [0.25, 0.3) is 0 Å². The van der Waals surface area contributed by atoms with Crippen LogP contribution in [-0.4, -0.2) is 22.2 Å². The summed E-state index contributed by atoms with van der Waals surface area (Å²) < 4.78 is 0. The zero-order valence-electron chi connectivity index (χ0n) is 9.95. The molecule has 0 fully saturated rings. The van der Waals surface area contributed by atoms with E-state index in [1.807, 2.05) is 13.8 Å². The minimum atomic E-state index is -0.525. The number of carbonyl (C=O) groups is 1. The number of phenols is 1. The number of halogens is 1. The fourth-order valence-electron chi connectivity index (χ4n) is 1.17. The summed E-state index contributed by atoms with van der Waals surface area (Å²) in [5.41, 5.74) is 4.96. The zero-order valence-corrected chi connectivity index (χ0v) is 11.5. The molecule has 0 aliphatic carbocycles. The van der Waals surface area contributed by atoms with Crippen LogP contribution in [0.5, 0.6) is 5.75 Å². The van der Waals surface area contributed by atoms with E-state index in [2.05, 4.69) is 16.2 Å². The van der Waals surface area contributed by atoms with Crippen molar-refractivity contribution >= 4 is 34.8 Å². The lowest BCUT2D eigenvalue weighted by Gasteiger charge is -2.14. The molecule has 0 spiro atoms. The van der Waals surface area contributed by atoms with E-state index in [-0.39, 0.29) is 17.4 Å². The van der Waals surface area contributed by atoms with Gasteiger partial charge in [-0.25, -0.2) is 0 Å². The van der Waals surface area contributed by atoms with Crippen molar-refractivity contribution in [2.24, 2.45) is 0 Å². The molecule has 98 valence electrons. The van der Waals surface area contributed by atoms with Crippen molar-refractivity contribution in [3.05, 3.63) is 28.8 Å². The van der Waals surface area contributed by atoms with Crippen molar-refractivity contribution < 1.29 is 9.90 Å². The standard InChI is InChI=1S/C11H14ClN3O2S/c1-6(2)13-11(18)15-14-10(17)8-5-7(12)3-4-9(8)16/h3-6,16H,1-2H3,(H,14,17)(H2,13,15,18). The van der Waals surface area contributed by atoms with Crippen molar-refractivity contribution in [2.75, 3.05) is 0 Å². The minimum absolute atomic E-state index is 0.0716. The highest BCUT2D eigenvalue weighted by Crippen LogP contribution is 2.20. The Morgan fingerprint density at radius 1 is 1.39 bits per heavy atom. The smallest absolute Gasteiger partial charge is 0.273 e. The van der Waals surface area contributed by atoms with Gasteiger partial charge < -0.3 is 10.4 Å². The molecule has 0 aliphatic rings. The second kappa shape index (κ2) is 6.42. The molecule has 0 heterocycles. The number of benzene rings is 1. The van der Waals surface area contributed by atoms with Crippen LogP contribution in [0.3, 0.4) is 0 Å². The number of hydrazine groups is 1. The predicted octanol–water partition coefficient (Wildman–Crippen LogP) is 1.56. The summed E-state index contributed by atoms with van der Waals surface area (Å²) in [5.74, 6) is -0.677. The number of thiocarbonyl (C=S) groups is 1. The largest absolute Gasteiger partial charge is 0.507 e. The number of phenolic OH excluding ortho intramolecular Hbond substituents is 1. The lowest BCUT2D eigenvalue weighted by Crippen LogP contribution is -2.48. The van der Waals surface area contributed by atoms with Gasteiger partial charge in [0, 0.05) is 11.1 Å². The van der Waals surface area contributed by atoms with Crippen molar-refractivity contribution in [3.8, 4) is 5.75 Å². The molecular weight excluding hydrogens is 274 g/mol.